The fraction of sp³-hybridized carbons (Fsp3) is 0.158. The van der Waals surface area contributed by atoms with E-state index < -0.39 is 15.1 Å². The summed E-state index contributed by atoms with van der Waals surface area (Å²) in [6.07, 6.45) is 0.445. The molecule has 0 saturated heterocycles. The number of benzene rings is 2. The van der Waals surface area contributed by atoms with Crippen molar-refractivity contribution < 1.29 is 17.7 Å². The number of carbonyl (C=O) groups excluding carboxylic acids is 1. The number of hydrogen-bond donors (Lipinski definition) is 0. The van der Waals surface area contributed by atoms with Crippen molar-refractivity contribution in [2.24, 2.45) is 0 Å². The van der Waals surface area contributed by atoms with Crippen molar-refractivity contribution in [2.75, 3.05) is 0 Å². The van der Waals surface area contributed by atoms with E-state index >= 15 is 0 Å². The Kier molecular flexibility index (Phi) is 5.38. The second-order valence-corrected chi connectivity index (χ2v) is 8.91. The number of halogens is 1. The van der Waals surface area contributed by atoms with Crippen molar-refractivity contribution in [3.8, 4) is 11.3 Å². The van der Waals surface area contributed by atoms with Crippen molar-refractivity contribution in [1.82, 2.24) is 5.16 Å². The van der Waals surface area contributed by atoms with Crippen molar-refractivity contribution in [1.29, 1.82) is 0 Å². The lowest BCUT2D eigenvalue weighted by molar-refractivity contribution is -0.107. The van der Waals surface area contributed by atoms with Gasteiger partial charge in [0.05, 0.1) is 11.4 Å². The summed E-state index contributed by atoms with van der Waals surface area (Å²) < 4.78 is 32.1. The maximum absolute atomic E-state index is 12.9. The van der Waals surface area contributed by atoms with Gasteiger partial charge in [-0.25, -0.2) is 8.42 Å². The van der Waals surface area contributed by atoms with Crippen LogP contribution in [0, 0.1) is 6.92 Å². The van der Waals surface area contributed by atoms with Crippen molar-refractivity contribution in [3.05, 3.63) is 75.9 Å². The molecule has 1 aromatic heterocycles. The molecule has 0 fully saturated rings. The third-order valence-corrected chi connectivity index (χ3v) is 6.41. The molecule has 0 bridgehead atoms. The van der Waals surface area contributed by atoms with Gasteiger partial charge in [-0.05, 0) is 24.6 Å². The van der Waals surface area contributed by atoms with Gasteiger partial charge in [0.2, 0.25) is 0 Å². The molecule has 0 aliphatic heterocycles. The number of aryl methyl sites for hydroxylation is 1. The van der Waals surface area contributed by atoms with E-state index in [1.54, 1.807) is 43.3 Å². The number of hydrogen-bond acceptors (Lipinski definition) is 5. The number of rotatable bonds is 6. The summed E-state index contributed by atoms with van der Waals surface area (Å²) in [6.45, 7) is 1.63. The van der Waals surface area contributed by atoms with Gasteiger partial charge in [-0.2, -0.15) is 0 Å². The summed E-state index contributed by atoms with van der Waals surface area (Å²) >= 11 is 3.35. The maximum Gasteiger partial charge on any atom is 0.172 e. The van der Waals surface area contributed by atoms with Gasteiger partial charge < -0.3 is 9.32 Å². The third kappa shape index (κ3) is 3.78. The molecule has 7 heteroatoms. The van der Waals surface area contributed by atoms with Crippen molar-refractivity contribution >= 4 is 32.1 Å². The Morgan fingerprint density at radius 1 is 1.12 bits per heavy atom. The first-order valence-electron chi connectivity index (χ1n) is 7.85. The van der Waals surface area contributed by atoms with Gasteiger partial charge in [0.1, 0.15) is 11.5 Å². The van der Waals surface area contributed by atoms with Crippen LogP contribution >= 0.6 is 15.9 Å². The smallest absolute Gasteiger partial charge is 0.172 e. The molecule has 0 radical (unpaired) electrons. The zero-order chi connectivity index (χ0) is 18.7. The molecule has 0 aliphatic carbocycles. The molecule has 0 saturated carbocycles. The number of aromatic nitrogens is 1. The van der Waals surface area contributed by atoms with Crippen LogP contribution in [0.25, 0.3) is 11.3 Å². The quantitative estimate of drug-likeness (QED) is 0.542. The first-order valence-corrected chi connectivity index (χ1v) is 10.4. The van der Waals surface area contributed by atoms with E-state index in [1.165, 1.54) is 0 Å². The van der Waals surface area contributed by atoms with E-state index in [0.717, 1.165) is 4.47 Å². The average Bonchev–Trinajstić information content (AvgIpc) is 2.98. The number of nitrogens with zero attached hydrogens (tertiary/aromatic N) is 1. The average molecular weight is 434 g/mol. The third-order valence-electron chi connectivity index (χ3n) is 4.02. The lowest BCUT2D eigenvalue weighted by Crippen LogP contribution is -2.18. The van der Waals surface area contributed by atoms with E-state index in [9.17, 15) is 13.2 Å². The van der Waals surface area contributed by atoms with Crippen LogP contribution in [0.15, 0.2) is 63.6 Å². The summed E-state index contributed by atoms with van der Waals surface area (Å²) in [6, 6.07) is 15.9. The lowest BCUT2D eigenvalue weighted by Gasteiger charge is -2.13. The maximum atomic E-state index is 12.9. The van der Waals surface area contributed by atoms with Crippen LogP contribution in [-0.2, 0) is 20.4 Å². The van der Waals surface area contributed by atoms with Crippen molar-refractivity contribution in [2.45, 2.75) is 17.9 Å². The Balaban J connectivity index is 2.04. The molecule has 1 atom stereocenters. The van der Waals surface area contributed by atoms with E-state index in [-0.39, 0.29) is 5.75 Å². The summed E-state index contributed by atoms with van der Waals surface area (Å²) in [7, 11) is -3.79. The van der Waals surface area contributed by atoms with E-state index in [4.69, 9.17) is 4.52 Å². The first kappa shape index (κ1) is 18.5. The van der Waals surface area contributed by atoms with Crippen LogP contribution in [0.1, 0.15) is 22.1 Å². The molecule has 0 spiro atoms. The highest BCUT2D eigenvalue weighted by Gasteiger charge is 2.33. The van der Waals surface area contributed by atoms with E-state index in [1.807, 2.05) is 18.2 Å². The topological polar surface area (TPSA) is 77.2 Å². The SMILES string of the molecule is Cc1noc(-c2ccc(Br)cc2)c1C(C=O)S(=O)(=O)Cc1ccccc1. The van der Waals surface area contributed by atoms with E-state index in [2.05, 4.69) is 21.1 Å². The predicted octanol–water partition coefficient (Wildman–Crippen LogP) is 4.27. The van der Waals surface area contributed by atoms with Crippen molar-refractivity contribution in [3.63, 3.8) is 0 Å². The van der Waals surface area contributed by atoms with Gasteiger partial charge in [0.25, 0.3) is 0 Å². The molecule has 0 aliphatic rings. The zero-order valence-electron chi connectivity index (χ0n) is 13.9. The standard InChI is InChI=1S/C19H16BrNO4S/c1-13-18(19(25-21-13)15-7-9-16(20)10-8-15)17(11-22)26(23,24)12-14-5-3-2-4-6-14/h2-11,17H,12H2,1H3. The highest BCUT2D eigenvalue weighted by Crippen LogP contribution is 2.35. The largest absolute Gasteiger partial charge is 0.356 e. The molecule has 3 rings (SSSR count). The monoisotopic (exact) mass is 433 g/mol. The van der Waals surface area contributed by atoms with Crippen LogP contribution in [0.4, 0.5) is 0 Å². The minimum absolute atomic E-state index is 0.234. The molecule has 1 unspecified atom stereocenters. The normalized spacial score (nSPS) is 12.7. The first-order chi connectivity index (χ1) is 12.4. The highest BCUT2D eigenvalue weighted by atomic mass is 79.9. The Morgan fingerprint density at radius 2 is 1.77 bits per heavy atom. The molecule has 0 N–H and O–H groups in total. The number of sulfone groups is 1. The molecular weight excluding hydrogens is 418 g/mol. The molecular formula is C19H16BrNO4S. The molecule has 5 nitrogen and oxygen atoms in total. The van der Waals surface area contributed by atoms with Crippen LogP contribution in [-0.4, -0.2) is 19.9 Å². The Morgan fingerprint density at radius 3 is 2.38 bits per heavy atom. The summed E-state index contributed by atoms with van der Waals surface area (Å²) in [4.78, 5) is 11.8. The molecule has 3 aromatic rings. The Hall–Kier alpha value is -2.25. The molecule has 0 amide bonds. The Labute approximate surface area is 160 Å². The summed E-state index contributed by atoms with van der Waals surface area (Å²) in [5.74, 6) is 0.0606. The molecule has 26 heavy (non-hydrogen) atoms. The van der Waals surface area contributed by atoms with Crippen LogP contribution in [0.2, 0.25) is 0 Å². The molecule has 1 heterocycles. The highest BCUT2D eigenvalue weighted by molar-refractivity contribution is 9.10. The second kappa shape index (κ2) is 7.55. The minimum Gasteiger partial charge on any atom is -0.356 e. The van der Waals surface area contributed by atoms with Gasteiger partial charge >= 0.3 is 0 Å². The predicted molar refractivity (Wildman–Crippen MR) is 102 cm³/mol. The van der Waals surface area contributed by atoms with Crippen LogP contribution < -0.4 is 0 Å². The van der Waals surface area contributed by atoms with Gasteiger partial charge in [0.15, 0.2) is 15.6 Å². The summed E-state index contributed by atoms with van der Waals surface area (Å²) in [5.41, 5.74) is 1.96. The fourth-order valence-electron chi connectivity index (χ4n) is 2.75. The van der Waals surface area contributed by atoms with Crippen LogP contribution in [0.3, 0.4) is 0 Å². The lowest BCUT2D eigenvalue weighted by atomic mass is 10.0. The Bertz CT molecular complexity index is 1010. The molecule has 2 aromatic carbocycles. The molecule has 134 valence electrons. The van der Waals surface area contributed by atoms with Gasteiger partial charge in [-0.1, -0.05) is 63.6 Å². The zero-order valence-corrected chi connectivity index (χ0v) is 16.3. The van der Waals surface area contributed by atoms with Gasteiger partial charge in [0, 0.05) is 15.6 Å². The minimum atomic E-state index is -3.79. The second-order valence-electron chi connectivity index (χ2n) is 5.87. The van der Waals surface area contributed by atoms with Gasteiger partial charge in [-0.3, -0.25) is 0 Å². The van der Waals surface area contributed by atoms with E-state index in [0.29, 0.717) is 34.4 Å². The fourth-order valence-corrected chi connectivity index (χ4v) is 4.66. The van der Waals surface area contributed by atoms with Gasteiger partial charge in [-0.15, -0.1) is 0 Å². The number of aldehydes is 1. The number of carbonyl (C=O) groups is 1. The summed E-state index contributed by atoms with van der Waals surface area (Å²) in [5, 5.41) is 2.55. The van der Waals surface area contributed by atoms with Crippen LogP contribution in [0.5, 0.6) is 0 Å².